The quantitative estimate of drug-likeness (QED) is 0.367. The van der Waals surface area contributed by atoms with Crippen LogP contribution in [0, 0.1) is 0 Å². The molecular formula is C17H27ClIN3O2. The van der Waals surface area contributed by atoms with Crippen LogP contribution in [-0.2, 0) is 0 Å². The van der Waals surface area contributed by atoms with Gasteiger partial charge in [0.2, 0.25) is 0 Å². The third kappa shape index (κ3) is 6.64. The predicted octanol–water partition coefficient (Wildman–Crippen LogP) is 3.15. The van der Waals surface area contributed by atoms with Crippen LogP contribution in [0.25, 0.3) is 0 Å². The van der Waals surface area contributed by atoms with Gasteiger partial charge in [0.15, 0.2) is 5.96 Å². The lowest BCUT2D eigenvalue weighted by Crippen LogP contribution is -2.44. The summed E-state index contributed by atoms with van der Waals surface area (Å²) in [5, 5.41) is 14.1. The van der Waals surface area contributed by atoms with Gasteiger partial charge in [-0.05, 0) is 44.4 Å². The number of benzene rings is 1. The molecule has 0 radical (unpaired) electrons. The first-order valence-corrected chi connectivity index (χ1v) is 8.50. The smallest absolute Gasteiger partial charge is 0.193 e. The molecule has 2 N–H and O–H groups in total. The number of nitrogens with one attached hydrogen (secondary N) is 1. The molecule has 1 aromatic carbocycles. The summed E-state index contributed by atoms with van der Waals surface area (Å²) in [7, 11) is 1.97. The Kier molecular flexibility index (Phi) is 9.15. The van der Waals surface area contributed by atoms with Gasteiger partial charge in [-0.2, -0.15) is 0 Å². The Balaban J connectivity index is 0.00000288. The molecule has 5 nitrogen and oxygen atoms in total. The van der Waals surface area contributed by atoms with Gasteiger partial charge in [0.25, 0.3) is 0 Å². The second kappa shape index (κ2) is 10.3. The van der Waals surface area contributed by atoms with Gasteiger partial charge < -0.3 is 20.1 Å². The van der Waals surface area contributed by atoms with E-state index in [-0.39, 0.29) is 24.0 Å². The van der Waals surface area contributed by atoms with Gasteiger partial charge >= 0.3 is 0 Å². The van der Waals surface area contributed by atoms with E-state index in [1.807, 2.05) is 37.1 Å². The Morgan fingerprint density at radius 3 is 2.79 bits per heavy atom. The Hall–Kier alpha value is -0.730. The lowest BCUT2D eigenvalue weighted by Gasteiger charge is -2.35. The van der Waals surface area contributed by atoms with Crippen LogP contribution in [0.5, 0.6) is 5.75 Å². The number of rotatable bonds is 7. The van der Waals surface area contributed by atoms with Crippen molar-refractivity contribution in [1.29, 1.82) is 0 Å². The molecule has 0 unspecified atom stereocenters. The summed E-state index contributed by atoms with van der Waals surface area (Å²) in [6.45, 7) is 4.50. The first-order valence-electron chi connectivity index (χ1n) is 8.12. The van der Waals surface area contributed by atoms with Crippen LogP contribution < -0.4 is 10.1 Å². The fraction of sp³-hybridized carbons (Fsp3) is 0.588. The zero-order valence-electron chi connectivity index (χ0n) is 14.3. The van der Waals surface area contributed by atoms with Crippen molar-refractivity contribution in [2.45, 2.75) is 31.8 Å². The minimum Gasteiger partial charge on any atom is -0.492 e. The minimum absolute atomic E-state index is 0. The van der Waals surface area contributed by atoms with Crippen LogP contribution in [0.1, 0.15) is 26.2 Å². The SMILES string of the molecule is CCNC(=NCC1(O)CCC1)N(C)CCOc1cccc(Cl)c1.I. The molecular weight excluding hydrogens is 441 g/mol. The van der Waals surface area contributed by atoms with Crippen molar-refractivity contribution in [2.75, 3.05) is 33.3 Å². The maximum absolute atomic E-state index is 10.2. The highest BCUT2D eigenvalue weighted by Gasteiger charge is 2.34. The fourth-order valence-corrected chi connectivity index (χ4v) is 2.58. The van der Waals surface area contributed by atoms with Crippen LogP contribution in [0.3, 0.4) is 0 Å². The molecule has 1 fully saturated rings. The maximum atomic E-state index is 10.2. The Bertz CT molecular complexity index is 538. The lowest BCUT2D eigenvalue weighted by atomic mass is 9.80. The second-order valence-corrected chi connectivity index (χ2v) is 6.41. The van der Waals surface area contributed by atoms with Crippen LogP contribution in [0.4, 0.5) is 0 Å². The first kappa shape index (κ1) is 21.3. The molecule has 0 bridgehead atoms. The molecule has 0 aromatic heterocycles. The summed E-state index contributed by atoms with van der Waals surface area (Å²) >= 11 is 5.94. The highest BCUT2D eigenvalue weighted by molar-refractivity contribution is 14.0. The van der Waals surface area contributed by atoms with Gasteiger partial charge in [0.1, 0.15) is 12.4 Å². The average Bonchev–Trinajstić information content (AvgIpc) is 2.49. The van der Waals surface area contributed by atoms with Crippen molar-refractivity contribution in [3.8, 4) is 5.75 Å². The summed E-state index contributed by atoms with van der Waals surface area (Å²) in [5.74, 6) is 1.55. The van der Waals surface area contributed by atoms with Gasteiger partial charge in [-0.25, -0.2) is 0 Å². The molecule has 136 valence electrons. The number of nitrogens with zero attached hydrogens (tertiary/aromatic N) is 2. The Morgan fingerprint density at radius 1 is 1.46 bits per heavy atom. The van der Waals surface area contributed by atoms with E-state index in [2.05, 4.69) is 10.3 Å². The van der Waals surface area contributed by atoms with Crippen molar-refractivity contribution >= 4 is 41.5 Å². The van der Waals surface area contributed by atoms with Gasteiger partial charge in [-0.1, -0.05) is 17.7 Å². The monoisotopic (exact) mass is 467 g/mol. The van der Waals surface area contributed by atoms with Crippen molar-refractivity contribution in [3.63, 3.8) is 0 Å². The van der Waals surface area contributed by atoms with Crippen LogP contribution in [-0.4, -0.2) is 54.9 Å². The third-order valence-corrected chi connectivity index (χ3v) is 4.23. The van der Waals surface area contributed by atoms with Crippen molar-refractivity contribution in [3.05, 3.63) is 29.3 Å². The van der Waals surface area contributed by atoms with E-state index in [4.69, 9.17) is 16.3 Å². The third-order valence-electron chi connectivity index (χ3n) is 4.00. The molecule has 24 heavy (non-hydrogen) atoms. The normalized spacial score (nSPS) is 15.9. The van der Waals surface area contributed by atoms with E-state index in [9.17, 15) is 5.11 Å². The number of aliphatic hydroxyl groups is 1. The van der Waals surface area contributed by atoms with E-state index in [0.29, 0.717) is 24.7 Å². The number of guanidine groups is 1. The standard InChI is InChI=1S/C17H26ClN3O2.HI/c1-3-19-16(20-13-17(22)8-5-9-17)21(2)10-11-23-15-7-4-6-14(18)12-15;/h4,6-7,12,22H,3,5,8-11,13H2,1-2H3,(H,19,20);1H. The summed E-state index contributed by atoms with van der Waals surface area (Å²) < 4.78 is 5.71. The molecule has 1 aromatic rings. The highest BCUT2D eigenvalue weighted by atomic mass is 127. The van der Waals surface area contributed by atoms with Crippen molar-refractivity contribution in [2.24, 2.45) is 4.99 Å². The number of hydrogen-bond donors (Lipinski definition) is 2. The van der Waals surface area contributed by atoms with Crippen molar-refractivity contribution < 1.29 is 9.84 Å². The molecule has 1 aliphatic carbocycles. The molecule has 0 amide bonds. The molecule has 0 aliphatic heterocycles. The molecule has 0 atom stereocenters. The zero-order valence-corrected chi connectivity index (χ0v) is 17.4. The molecule has 0 saturated heterocycles. The Labute approximate surface area is 166 Å². The largest absolute Gasteiger partial charge is 0.492 e. The van der Waals surface area contributed by atoms with E-state index >= 15 is 0 Å². The number of likely N-dealkylation sites (N-methyl/N-ethyl adjacent to an activating group) is 1. The lowest BCUT2D eigenvalue weighted by molar-refractivity contribution is -0.0237. The topological polar surface area (TPSA) is 57.1 Å². The van der Waals surface area contributed by atoms with Gasteiger partial charge in [0.05, 0.1) is 18.7 Å². The van der Waals surface area contributed by atoms with E-state index in [0.717, 1.165) is 37.5 Å². The van der Waals surface area contributed by atoms with E-state index in [1.165, 1.54) is 0 Å². The number of hydrogen-bond acceptors (Lipinski definition) is 3. The average molecular weight is 468 g/mol. The predicted molar refractivity (Wildman–Crippen MR) is 110 cm³/mol. The Morgan fingerprint density at radius 2 is 2.21 bits per heavy atom. The molecule has 1 saturated carbocycles. The minimum atomic E-state index is -0.598. The highest BCUT2D eigenvalue weighted by Crippen LogP contribution is 2.31. The van der Waals surface area contributed by atoms with E-state index in [1.54, 1.807) is 6.07 Å². The van der Waals surface area contributed by atoms with Gasteiger partial charge in [0, 0.05) is 18.6 Å². The van der Waals surface area contributed by atoms with E-state index < -0.39 is 5.60 Å². The maximum Gasteiger partial charge on any atom is 0.193 e. The molecule has 1 aliphatic rings. The number of aliphatic imine (C=N–C) groups is 1. The van der Waals surface area contributed by atoms with Crippen LogP contribution in [0.15, 0.2) is 29.3 Å². The molecule has 0 heterocycles. The summed E-state index contributed by atoms with van der Waals surface area (Å²) in [5.41, 5.74) is -0.598. The fourth-order valence-electron chi connectivity index (χ4n) is 2.40. The zero-order chi connectivity index (χ0) is 16.7. The van der Waals surface area contributed by atoms with Crippen molar-refractivity contribution in [1.82, 2.24) is 10.2 Å². The van der Waals surface area contributed by atoms with Crippen LogP contribution in [0.2, 0.25) is 5.02 Å². The van der Waals surface area contributed by atoms with Gasteiger partial charge in [-0.3, -0.25) is 4.99 Å². The summed E-state index contributed by atoms with van der Waals surface area (Å²) in [6.07, 6.45) is 2.78. The second-order valence-electron chi connectivity index (χ2n) is 5.98. The van der Waals surface area contributed by atoms with Gasteiger partial charge in [-0.15, -0.1) is 24.0 Å². The van der Waals surface area contributed by atoms with Crippen LogP contribution >= 0.6 is 35.6 Å². The summed E-state index contributed by atoms with van der Waals surface area (Å²) in [6, 6.07) is 7.37. The number of ether oxygens (including phenoxy) is 1. The molecule has 7 heteroatoms. The molecule has 0 spiro atoms. The summed E-state index contributed by atoms with van der Waals surface area (Å²) in [4.78, 5) is 6.56. The molecule has 2 rings (SSSR count). The number of halogens is 2. The first-order chi connectivity index (χ1) is 11.0.